The highest BCUT2D eigenvalue weighted by molar-refractivity contribution is 5.45. The monoisotopic (exact) mass is 286 g/mol. The van der Waals surface area contributed by atoms with Gasteiger partial charge in [-0.3, -0.25) is 0 Å². The van der Waals surface area contributed by atoms with E-state index in [0.29, 0.717) is 11.5 Å². The van der Waals surface area contributed by atoms with Gasteiger partial charge in [0, 0.05) is 0 Å². The van der Waals surface area contributed by atoms with Crippen LogP contribution in [0.25, 0.3) is 0 Å². The van der Waals surface area contributed by atoms with Crippen molar-refractivity contribution in [2.45, 2.75) is 20.0 Å². The van der Waals surface area contributed by atoms with E-state index < -0.39 is 6.10 Å². The summed E-state index contributed by atoms with van der Waals surface area (Å²) in [6.07, 6.45) is -0.709. The number of fused-ring (bicyclic) bond motifs is 1. The highest BCUT2D eigenvalue weighted by Gasteiger charge is 2.17. The Balaban J connectivity index is 1.69. The third-order valence-corrected chi connectivity index (χ3v) is 3.73. The maximum Gasteiger partial charge on any atom is 0.231 e. The summed E-state index contributed by atoms with van der Waals surface area (Å²) in [5, 5.41) is 10.3. The highest BCUT2D eigenvalue weighted by atomic mass is 16.7. The molecule has 21 heavy (non-hydrogen) atoms. The molecular weight excluding hydrogens is 268 g/mol. The maximum absolute atomic E-state index is 10.3. The van der Waals surface area contributed by atoms with Crippen LogP contribution in [0.4, 0.5) is 0 Å². The number of rotatable bonds is 4. The maximum atomic E-state index is 10.3. The van der Waals surface area contributed by atoms with Crippen molar-refractivity contribution < 1.29 is 19.3 Å². The summed E-state index contributed by atoms with van der Waals surface area (Å²) in [7, 11) is 0. The van der Waals surface area contributed by atoms with Gasteiger partial charge in [-0.15, -0.1) is 0 Å². The topological polar surface area (TPSA) is 47.9 Å². The van der Waals surface area contributed by atoms with Gasteiger partial charge in [0.15, 0.2) is 11.5 Å². The van der Waals surface area contributed by atoms with Gasteiger partial charge in [0.2, 0.25) is 6.79 Å². The van der Waals surface area contributed by atoms with Crippen LogP contribution in [0.3, 0.4) is 0 Å². The number of ether oxygens (including phenoxy) is 3. The Hall–Kier alpha value is -2.20. The van der Waals surface area contributed by atoms with Gasteiger partial charge in [-0.2, -0.15) is 0 Å². The van der Waals surface area contributed by atoms with E-state index in [4.69, 9.17) is 14.2 Å². The van der Waals surface area contributed by atoms with Crippen molar-refractivity contribution in [2.75, 3.05) is 13.4 Å². The molecule has 0 saturated heterocycles. The molecule has 2 aromatic carbocycles. The second-order valence-corrected chi connectivity index (χ2v) is 5.14. The van der Waals surface area contributed by atoms with Gasteiger partial charge in [-0.1, -0.05) is 18.2 Å². The molecule has 0 aliphatic carbocycles. The molecule has 1 aliphatic heterocycles. The molecule has 1 heterocycles. The zero-order valence-electron chi connectivity index (χ0n) is 12.1. The van der Waals surface area contributed by atoms with Crippen molar-refractivity contribution in [2.24, 2.45) is 0 Å². The molecule has 0 amide bonds. The Kier molecular flexibility index (Phi) is 3.71. The van der Waals surface area contributed by atoms with Gasteiger partial charge < -0.3 is 19.3 Å². The lowest BCUT2D eigenvalue weighted by atomic mass is 10.1. The molecule has 4 heteroatoms. The van der Waals surface area contributed by atoms with Gasteiger partial charge in [-0.25, -0.2) is 0 Å². The first kappa shape index (κ1) is 13.8. The Morgan fingerprint density at radius 1 is 1.14 bits per heavy atom. The second-order valence-electron chi connectivity index (χ2n) is 5.14. The predicted molar refractivity (Wildman–Crippen MR) is 78.9 cm³/mol. The summed E-state index contributed by atoms with van der Waals surface area (Å²) >= 11 is 0. The summed E-state index contributed by atoms with van der Waals surface area (Å²) in [6, 6.07) is 11.3. The van der Waals surface area contributed by atoms with Gasteiger partial charge in [0.25, 0.3) is 0 Å². The SMILES string of the molecule is Cc1cccc(OCC(O)c2ccc3c(c2)OCO3)c1C. The van der Waals surface area contributed by atoms with E-state index in [2.05, 4.69) is 0 Å². The number of aliphatic hydroxyl groups is 1. The average Bonchev–Trinajstić information content (AvgIpc) is 2.96. The molecular formula is C17H18O4. The molecule has 2 aromatic rings. The van der Waals surface area contributed by atoms with Crippen molar-refractivity contribution in [3.8, 4) is 17.2 Å². The van der Waals surface area contributed by atoms with Crippen LogP contribution in [0.5, 0.6) is 17.2 Å². The molecule has 0 fully saturated rings. The number of benzene rings is 2. The van der Waals surface area contributed by atoms with E-state index in [0.717, 1.165) is 16.9 Å². The van der Waals surface area contributed by atoms with Crippen LogP contribution >= 0.6 is 0 Å². The molecule has 0 saturated carbocycles. The van der Waals surface area contributed by atoms with E-state index in [1.165, 1.54) is 5.56 Å². The quantitative estimate of drug-likeness (QED) is 0.938. The van der Waals surface area contributed by atoms with Gasteiger partial charge in [0.05, 0.1) is 0 Å². The third kappa shape index (κ3) is 2.81. The Morgan fingerprint density at radius 3 is 2.81 bits per heavy atom. The fourth-order valence-electron chi connectivity index (χ4n) is 2.27. The van der Waals surface area contributed by atoms with Crippen molar-refractivity contribution in [3.05, 3.63) is 53.1 Å². The first-order valence-corrected chi connectivity index (χ1v) is 6.92. The molecule has 0 aromatic heterocycles. The summed E-state index contributed by atoms with van der Waals surface area (Å²) in [4.78, 5) is 0. The molecule has 4 nitrogen and oxygen atoms in total. The predicted octanol–water partition coefficient (Wildman–Crippen LogP) is 3.14. The van der Waals surface area contributed by atoms with Crippen LogP contribution < -0.4 is 14.2 Å². The van der Waals surface area contributed by atoms with Gasteiger partial charge in [-0.05, 0) is 48.7 Å². The molecule has 110 valence electrons. The molecule has 0 bridgehead atoms. The van der Waals surface area contributed by atoms with Crippen LogP contribution in [0, 0.1) is 13.8 Å². The largest absolute Gasteiger partial charge is 0.490 e. The van der Waals surface area contributed by atoms with Crippen LogP contribution in [0.1, 0.15) is 22.8 Å². The average molecular weight is 286 g/mol. The van der Waals surface area contributed by atoms with E-state index in [-0.39, 0.29) is 13.4 Å². The lowest BCUT2D eigenvalue weighted by Gasteiger charge is -2.15. The van der Waals surface area contributed by atoms with E-state index >= 15 is 0 Å². The van der Waals surface area contributed by atoms with Crippen LogP contribution in [-0.4, -0.2) is 18.5 Å². The molecule has 3 rings (SSSR count). The fourth-order valence-corrected chi connectivity index (χ4v) is 2.27. The third-order valence-electron chi connectivity index (χ3n) is 3.73. The normalized spacial score (nSPS) is 14.0. The summed E-state index contributed by atoms with van der Waals surface area (Å²) < 4.78 is 16.3. The molecule has 1 N–H and O–H groups in total. The molecule has 1 atom stereocenters. The van der Waals surface area contributed by atoms with Crippen molar-refractivity contribution >= 4 is 0 Å². The first-order valence-electron chi connectivity index (χ1n) is 6.92. The van der Waals surface area contributed by atoms with Crippen molar-refractivity contribution in [3.63, 3.8) is 0 Å². The first-order chi connectivity index (χ1) is 10.1. The van der Waals surface area contributed by atoms with Crippen LogP contribution in [-0.2, 0) is 0 Å². The fraction of sp³-hybridized carbons (Fsp3) is 0.294. The molecule has 0 spiro atoms. The number of aryl methyl sites for hydroxylation is 1. The van der Waals surface area contributed by atoms with Gasteiger partial charge >= 0.3 is 0 Å². The highest BCUT2D eigenvalue weighted by Crippen LogP contribution is 2.34. The molecule has 0 radical (unpaired) electrons. The van der Waals surface area contributed by atoms with E-state index in [1.54, 1.807) is 12.1 Å². The zero-order chi connectivity index (χ0) is 14.8. The number of hydrogen-bond acceptors (Lipinski definition) is 4. The summed E-state index contributed by atoms with van der Waals surface area (Å²) in [6.45, 7) is 4.48. The van der Waals surface area contributed by atoms with Crippen molar-refractivity contribution in [1.82, 2.24) is 0 Å². The molecule has 1 unspecified atom stereocenters. The number of hydrogen-bond donors (Lipinski definition) is 1. The minimum absolute atomic E-state index is 0.198. The second kappa shape index (κ2) is 5.66. The van der Waals surface area contributed by atoms with Crippen LogP contribution in [0.2, 0.25) is 0 Å². The Morgan fingerprint density at radius 2 is 1.95 bits per heavy atom. The Labute approximate surface area is 123 Å². The van der Waals surface area contributed by atoms with Crippen LogP contribution in [0.15, 0.2) is 36.4 Å². The minimum Gasteiger partial charge on any atom is -0.490 e. The van der Waals surface area contributed by atoms with Crippen molar-refractivity contribution in [1.29, 1.82) is 0 Å². The van der Waals surface area contributed by atoms with E-state index in [9.17, 15) is 5.11 Å². The summed E-state index contributed by atoms with van der Waals surface area (Å²) in [5.41, 5.74) is 3.02. The smallest absolute Gasteiger partial charge is 0.231 e. The van der Waals surface area contributed by atoms with Gasteiger partial charge in [0.1, 0.15) is 18.5 Å². The summed E-state index contributed by atoms with van der Waals surface area (Å²) in [5.74, 6) is 2.18. The zero-order valence-corrected chi connectivity index (χ0v) is 12.1. The molecule has 1 aliphatic rings. The minimum atomic E-state index is -0.709. The lowest BCUT2D eigenvalue weighted by molar-refractivity contribution is 0.107. The standard InChI is InChI=1S/C17H18O4/c1-11-4-3-5-15(12(11)2)19-9-14(18)13-6-7-16-17(8-13)21-10-20-16/h3-8,14,18H,9-10H2,1-2H3. The van der Waals surface area contributed by atoms with E-state index in [1.807, 2.05) is 38.1 Å². The lowest BCUT2D eigenvalue weighted by Crippen LogP contribution is -2.10. The number of aliphatic hydroxyl groups excluding tert-OH is 1. The Bertz CT molecular complexity index is 651.